The van der Waals surface area contributed by atoms with Crippen LogP contribution in [0.25, 0.3) is 0 Å². The lowest BCUT2D eigenvalue weighted by Crippen LogP contribution is -2.05. The molecule has 20 heavy (non-hydrogen) atoms. The van der Waals surface area contributed by atoms with Crippen LogP contribution in [-0.2, 0) is 0 Å². The lowest BCUT2D eigenvalue weighted by molar-refractivity contribution is 0.629. The predicted octanol–water partition coefficient (Wildman–Crippen LogP) is 4.85. The van der Waals surface area contributed by atoms with Gasteiger partial charge in [0.15, 0.2) is 0 Å². The SMILES string of the molecule is CC(=Nc1ccccc1F)C(C)=Nc1ccccc1F. The molecule has 2 rings (SSSR count). The molecule has 0 radical (unpaired) electrons. The number of aliphatic imine (C=N–C) groups is 2. The Kier molecular flexibility index (Phi) is 4.35. The molecule has 0 saturated heterocycles. The highest BCUT2D eigenvalue weighted by Crippen LogP contribution is 2.19. The van der Waals surface area contributed by atoms with E-state index < -0.39 is 11.6 Å². The molecule has 0 aromatic heterocycles. The van der Waals surface area contributed by atoms with Crippen molar-refractivity contribution in [3.63, 3.8) is 0 Å². The maximum atomic E-state index is 13.5. The van der Waals surface area contributed by atoms with Gasteiger partial charge in [0.25, 0.3) is 0 Å². The first kappa shape index (κ1) is 14.1. The molecule has 2 nitrogen and oxygen atoms in total. The third-order valence-electron chi connectivity index (χ3n) is 2.80. The Morgan fingerprint density at radius 3 is 1.40 bits per heavy atom. The second-order valence-corrected chi connectivity index (χ2v) is 4.30. The maximum Gasteiger partial charge on any atom is 0.148 e. The molecule has 0 aliphatic carbocycles. The Morgan fingerprint density at radius 1 is 0.700 bits per heavy atom. The van der Waals surface area contributed by atoms with Crippen molar-refractivity contribution in [2.75, 3.05) is 0 Å². The molecular weight excluding hydrogens is 258 g/mol. The molecular formula is C16H14F2N2. The fourth-order valence-corrected chi connectivity index (χ4v) is 1.61. The van der Waals surface area contributed by atoms with Crippen LogP contribution in [0.4, 0.5) is 20.2 Å². The second kappa shape index (κ2) is 6.19. The summed E-state index contributed by atoms with van der Waals surface area (Å²) in [5.74, 6) is -0.795. The van der Waals surface area contributed by atoms with Crippen LogP contribution in [0.5, 0.6) is 0 Å². The fraction of sp³-hybridized carbons (Fsp3) is 0.125. The van der Waals surface area contributed by atoms with Crippen molar-refractivity contribution in [1.82, 2.24) is 0 Å². The van der Waals surface area contributed by atoms with Gasteiger partial charge >= 0.3 is 0 Å². The van der Waals surface area contributed by atoms with Crippen LogP contribution in [0.15, 0.2) is 58.5 Å². The Morgan fingerprint density at radius 2 is 1.05 bits per heavy atom. The van der Waals surface area contributed by atoms with E-state index in [1.165, 1.54) is 12.1 Å². The van der Waals surface area contributed by atoms with Crippen molar-refractivity contribution in [3.8, 4) is 0 Å². The van der Waals surface area contributed by atoms with Crippen molar-refractivity contribution in [1.29, 1.82) is 0 Å². The molecule has 0 bridgehead atoms. The number of rotatable bonds is 3. The summed E-state index contributed by atoms with van der Waals surface area (Å²) in [7, 11) is 0. The summed E-state index contributed by atoms with van der Waals surface area (Å²) in [5.41, 5.74) is 1.57. The highest BCUT2D eigenvalue weighted by molar-refractivity contribution is 6.41. The van der Waals surface area contributed by atoms with Crippen LogP contribution in [-0.4, -0.2) is 11.4 Å². The second-order valence-electron chi connectivity index (χ2n) is 4.30. The van der Waals surface area contributed by atoms with Gasteiger partial charge in [0.05, 0.1) is 22.8 Å². The molecule has 2 aromatic carbocycles. The molecule has 0 spiro atoms. The maximum absolute atomic E-state index is 13.5. The molecule has 4 heteroatoms. The largest absolute Gasteiger partial charge is 0.249 e. The van der Waals surface area contributed by atoms with Gasteiger partial charge in [0, 0.05) is 0 Å². The van der Waals surface area contributed by atoms with Gasteiger partial charge in [-0.05, 0) is 38.1 Å². The summed E-state index contributed by atoms with van der Waals surface area (Å²) in [6, 6.07) is 12.5. The van der Waals surface area contributed by atoms with Gasteiger partial charge in [-0.1, -0.05) is 24.3 Å². The first-order valence-corrected chi connectivity index (χ1v) is 6.18. The highest BCUT2D eigenvalue weighted by Gasteiger charge is 2.04. The average Bonchev–Trinajstić information content (AvgIpc) is 2.43. The summed E-state index contributed by atoms with van der Waals surface area (Å²) in [6.07, 6.45) is 0. The van der Waals surface area contributed by atoms with Gasteiger partial charge in [0.2, 0.25) is 0 Å². The minimum atomic E-state index is -0.398. The molecule has 0 unspecified atom stereocenters. The minimum absolute atomic E-state index is 0.244. The summed E-state index contributed by atoms with van der Waals surface area (Å²) in [5, 5.41) is 0. The zero-order valence-electron chi connectivity index (χ0n) is 11.3. The number of hydrogen-bond donors (Lipinski definition) is 0. The van der Waals surface area contributed by atoms with E-state index in [9.17, 15) is 8.78 Å². The first-order valence-electron chi connectivity index (χ1n) is 6.18. The van der Waals surface area contributed by atoms with Crippen molar-refractivity contribution in [2.45, 2.75) is 13.8 Å². The van der Waals surface area contributed by atoms with E-state index >= 15 is 0 Å². The molecule has 102 valence electrons. The standard InChI is InChI=1S/C16H14F2N2/c1-11(19-15-9-5-3-7-13(15)17)12(2)20-16-10-6-4-8-14(16)18/h3-10H,1-2H3. The number of nitrogens with zero attached hydrogens (tertiary/aromatic N) is 2. The zero-order valence-corrected chi connectivity index (χ0v) is 11.3. The summed E-state index contributed by atoms with van der Waals surface area (Å²) in [6.45, 7) is 3.43. The Labute approximate surface area is 116 Å². The summed E-state index contributed by atoms with van der Waals surface area (Å²) >= 11 is 0. The van der Waals surface area contributed by atoms with E-state index in [0.29, 0.717) is 11.4 Å². The smallest absolute Gasteiger partial charge is 0.148 e. The van der Waals surface area contributed by atoms with Crippen molar-refractivity contribution >= 4 is 22.8 Å². The third-order valence-corrected chi connectivity index (χ3v) is 2.80. The van der Waals surface area contributed by atoms with E-state index in [2.05, 4.69) is 9.98 Å². The Bertz CT molecular complexity index is 616. The van der Waals surface area contributed by atoms with Gasteiger partial charge in [-0.3, -0.25) is 0 Å². The van der Waals surface area contributed by atoms with Crippen molar-refractivity contribution < 1.29 is 8.78 Å². The topological polar surface area (TPSA) is 24.7 Å². The highest BCUT2D eigenvalue weighted by atomic mass is 19.1. The lowest BCUT2D eigenvalue weighted by atomic mass is 10.2. The molecule has 0 heterocycles. The molecule has 0 fully saturated rings. The summed E-state index contributed by atoms with van der Waals surface area (Å²) < 4.78 is 27.0. The van der Waals surface area contributed by atoms with E-state index in [1.54, 1.807) is 50.2 Å². The summed E-state index contributed by atoms with van der Waals surface area (Å²) in [4.78, 5) is 8.35. The number of halogens is 2. The lowest BCUT2D eigenvalue weighted by Gasteiger charge is -2.02. The predicted molar refractivity (Wildman–Crippen MR) is 78.3 cm³/mol. The molecule has 0 N–H and O–H groups in total. The Balaban J connectivity index is 2.32. The van der Waals surface area contributed by atoms with Crippen molar-refractivity contribution in [2.24, 2.45) is 9.98 Å². The van der Waals surface area contributed by atoms with Crippen LogP contribution in [0.2, 0.25) is 0 Å². The average molecular weight is 272 g/mol. The van der Waals surface area contributed by atoms with E-state index in [4.69, 9.17) is 0 Å². The normalized spacial score (nSPS) is 12.6. The molecule has 0 aliphatic rings. The van der Waals surface area contributed by atoms with Gasteiger partial charge in [-0.15, -0.1) is 0 Å². The van der Waals surface area contributed by atoms with Gasteiger partial charge in [-0.2, -0.15) is 0 Å². The van der Waals surface area contributed by atoms with E-state index in [1.807, 2.05) is 0 Å². The molecule has 0 atom stereocenters. The van der Waals surface area contributed by atoms with Crippen LogP contribution < -0.4 is 0 Å². The van der Waals surface area contributed by atoms with Gasteiger partial charge in [-0.25, -0.2) is 18.8 Å². The van der Waals surface area contributed by atoms with Gasteiger partial charge < -0.3 is 0 Å². The van der Waals surface area contributed by atoms with Gasteiger partial charge in [0.1, 0.15) is 11.6 Å². The zero-order chi connectivity index (χ0) is 14.5. The van der Waals surface area contributed by atoms with Crippen LogP contribution in [0.1, 0.15) is 13.8 Å². The van der Waals surface area contributed by atoms with Crippen molar-refractivity contribution in [3.05, 3.63) is 60.2 Å². The first-order chi connectivity index (χ1) is 9.58. The van der Waals surface area contributed by atoms with E-state index in [0.717, 1.165) is 0 Å². The third kappa shape index (κ3) is 3.35. The Hall–Kier alpha value is -2.36. The molecule has 0 amide bonds. The van der Waals surface area contributed by atoms with Crippen LogP contribution in [0.3, 0.4) is 0 Å². The number of para-hydroxylation sites is 2. The number of benzene rings is 2. The minimum Gasteiger partial charge on any atom is -0.249 e. The monoisotopic (exact) mass is 272 g/mol. The molecule has 2 aromatic rings. The van der Waals surface area contributed by atoms with Crippen LogP contribution >= 0.6 is 0 Å². The number of hydrogen-bond acceptors (Lipinski definition) is 2. The fourth-order valence-electron chi connectivity index (χ4n) is 1.61. The molecule has 0 aliphatic heterocycles. The van der Waals surface area contributed by atoms with E-state index in [-0.39, 0.29) is 11.4 Å². The quantitative estimate of drug-likeness (QED) is 0.713. The van der Waals surface area contributed by atoms with Crippen LogP contribution in [0, 0.1) is 11.6 Å². The molecule has 0 saturated carbocycles.